The van der Waals surface area contributed by atoms with Crippen molar-refractivity contribution in [2.45, 2.75) is 40.2 Å². The molecule has 0 aliphatic rings. The van der Waals surface area contributed by atoms with Crippen molar-refractivity contribution < 1.29 is 9.59 Å². The Hall–Kier alpha value is -2.40. The first kappa shape index (κ1) is 17.0. The first-order chi connectivity index (χ1) is 10.7. The Kier molecular flexibility index (Phi) is 4.71. The summed E-state index contributed by atoms with van der Waals surface area (Å²) in [5, 5.41) is 19.1. The minimum Gasteiger partial charge on any atom is -0.297 e. The fraction of sp³-hybridized carbons (Fsp3) is 0.467. The third-order valence-corrected chi connectivity index (χ3v) is 4.24. The minimum atomic E-state index is -1.00. The van der Waals surface area contributed by atoms with Gasteiger partial charge in [0.2, 0.25) is 5.78 Å². The highest BCUT2D eigenvalue weighted by Crippen LogP contribution is 2.23. The van der Waals surface area contributed by atoms with E-state index in [0.717, 1.165) is 5.69 Å². The number of carbonyl (C=O) groups is 2. The standard InChI is InChI=1S/C15H17N5O2S/c1-9-8-23-14(17-9)10(5-16)13(22)11-6-20(19-18-11)7-12(21)15(2,3)4/h6,8,10H,7H2,1-4H3. The molecule has 0 saturated carbocycles. The van der Waals surface area contributed by atoms with Crippen molar-refractivity contribution in [3.05, 3.63) is 28.0 Å². The van der Waals surface area contributed by atoms with Crippen LogP contribution in [0.1, 0.15) is 47.9 Å². The van der Waals surface area contributed by atoms with Gasteiger partial charge in [0.1, 0.15) is 11.6 Å². The number of ketones is 2. The average molecular weight is 331 g/mol. The molecule has 120 valence electrons. The molecule has 7 nitrogen and oxygen atoms in total. The molecule has 23 heavy (non-hydrogen) atoms. The zero-order chi connectivity index (χ0) is 17.2. The molecule has 2 rings (SSSR count). The first-order valence-electron chi connectivity index (χ1n) is 7.01. The molecule has 0 aliphatic heterocycles. The second kappa shape index (κ2) is 6.38. The van der Waals surface area contributed by atoms with Crippen LogP contribution in [0.15, 0.2) is 11.6 Å². The maximum atomic E-state index is 12.4. The number of hydrogen-bond donors (Lipinski definition) is 0. The van der Waals surface area contributed by atoms with Crippen LogP contribution in [-0.4, -0.2) is 31.5 Å². The first-order valence-corrected chi connectivity index (χ1v) is 7.89. The summed E-state index contributed by atoms with van der Waals surface area (Å²) in [6.07, 6.45) is 1.40. The molecule has 0 spiro atoms. The van der Waals surface area contributed by atoms with Gasteiger partial charge < -0.3 is 0 Å². The van der Waals surface area contributed by atoms with Gasteiger partial charge in [0, 0.05) is 16.5 Å². The van der Waals surface area contributed by atoms with E-state index in [1.165, 1.54) is 22.2 Å². The fourth-order valence-corrected chi connectivity index (χ4v) is 2.59. The molecule has 2 aromatic rings. The third kappa shape index (κ3) is 3.87. The molecule has 0 N–H and O–H groups in total. The molecule has 2 aromatic heterocycles. The molecule has 0 aliphatic carbocycles. The number of rotatable bonds is 5. The summed E-state index contributed by atoms with van der Waals surface area (Å²) in [6.45, 7) is 7.28. The third-order valence-electron chi connectivity index (χ3n) is 3.21. The smallest absolute Gasteiger partial charge is 0.208 e. The van der Waals surface area contributed by atoms with E-state index >= 15 is 0 Å². The van der Waals surface area contributed by atoms with Crippen molar-refractivity contribution in [1.29, 1.82) is 5.26 Å². The van der Waals surface area contributed by atoms with E-state index in [9.17, 15) is 14.9 Å². The van der Waals surface area contributed by atoms with Gasteiger partial charge in [-0.2, -0.15) is 5.26 Å². The number of nitrogens with zero attached hydrogens (tertiary/aromatic N) is 5. The Bertz CT molecular complexity index is 778. The largest absolute Gasteiger partial charge is 0.297 e. The van der Waals surface area contributed by atoms with Gasteiger partial charge in [-0.15, -0.1) is 16.4 Å². The molecule has 0 bridgehead atoms. The van der Waals surface area contributed by atoms with E-state index in [-0.39, 0.29) is 18.0 Å². The van der Waals surface area contributed by atoms with Crippen molar-refractivity contribution in [2.75, 3.05) is 0 Å². The Balaban J connectivity index is 2.18. The number of Topliss-reactive ketones (excluding diaryl/α,β-unsaturated/α-hetero) is 2. The number of hydrogen-bond acceptors (Lipinski definition) is 7. The van der Waals surface area contributed by atoms with Crippen LogP contribution in [0.4, 0.5) is 0 Å². The van der Waals surface area contributed by atoms with Gasteiger partial charge in [-0.3, -0.25) is 9.59 Å². The number of thiazole rings is 1. The van der Waals surface area contributed by atoms with Crippen molar-refractivity contribution in [1.82, 2.24) is 20.0 Å². The van der Waals surface area contributed by atoms with Crippen LogP contribution in [0, 0.1) is 23.7 Å². The zero-order valence-corrected chi connectivity index (χ0v) is 14.2. The lowest BCUT2D eigenvalue weighted by atomic mass is 9.91. The lowest BCUT2D eigenvalue weighted by Crippen LogP contribution is -2.25. The van der Waals surface area contributed by atoms with Crippen molar-refractivity contribution >= 4 is 22.9 Å². The van der Waals surface area contributed by atoms with E-state index in [1.54, 1.807) is 12.3 Å². The molecule has 8 heteroatoms. The molecule has 0 fully saturated rings. The van der Waals surface area contributed by atoms with Crippen LogP contribution in [0.25, 0.3) is 0 Å². The van der Waals surface area contributed by atoms with Gasteiger partial charge in [-0.1, -0.05) is 26.0 Å². The SMILES string of the molecule is Cc1csc(C(C#N)C(=O)c2cn(CC(=O)C(C)(C)C)nn2)n1. The highest BCUT2D eigenvalue weighted by Gasteiger charge is 2.28. The van der Waals surface area contributed by atoms with Crippen LogP contribution in [0.5, 0.6) is 0 Å². The normalized spacial score (nSPS) is 12.7. The summed E-state index contributed by atoms with van der Waals surface area (Å²) in [4.78, 5) is 28.6. The van der Waals surface area contributed by atoms with Crippen LogP contribution >= 0.6 is 11.3 Å². The Morgan fingerprint density at radius 1 is 1.43 bits per heavy atom. The van der Waals surface area contributed by atoms with Crippen LogP contribution < -0.4 is 0 Å². The highest BCUT2D eigenvalue weighted by atomic mass is 32.1. The predicted octanol–water partition coefficient (Wildman–Crippen LogP) is 2.15. The Labute approximate surface area is 138 Å². The molecule has 1 unspecified atom stereocenters. The molecule has 0 amide bonds. The number of aromatic nitrogens is 4. The van der Waals surface area contributed by atoms with Gasteiger partial charge in [0.05, 0.1) is 12.3 Å². The molecule has 1 atom stereocenters. The van der Waals surface area contributed by atoms with E-state index in [4.69, 9.17) is 0 Å². The Morgan fingerprint density at radius 3 is 2.65 bits per heavy atom. The number of carbonyl (C=O) groups excluding carboxylic acids is 2. The van der Waals surface area contributed by atoms with Crippen LogP contribution in [-0.2, 0) is 11.3 Å². The number of nitriles is 1. The van der Waals surface area contributed by atoms with Crippen molar-refractivity contribution in [2.24, 2.45) is 5.41 Å². The van der Waals surface area contributed by atoms with E-state index < -0.39 is 17.1 Å². The maximum Gasteiger partial charge on any atom is 0.208 e. The van der Waals surface area contributed by atoms with Gasteiger partial charge in [-0.25, -0.2) is 9.67 Å². The summed E-state index contributed by atoms with van der Waals surface area (Å²) >= 11 is 1.26. The van der Waals surface area contributed by atoms with E-state index in [0.29, 0.717) is 5.01 Å². The van der Waals surface area contributed by atoms with E-state index in [2.05, 4.69) is 15.3 Å². The second-order valence-electron chi connectivity index (χ2n) is 6.23. The highest BCUT2D eigenvalue weighted by molar-refractivity contribution is 7.10. The molecule has 0 aromatic carbocycles. The van der Waals surface area contributed by atoms with Gasteiger partial charge in [0.25, 0.3) is 0 Å². The lowest BCUT2D eigenvalue weighted by Gasteiger charge is -2.15. The fourth-order valence-electron chi connectivity index (χ4n) is 1.75. The Morgan fingerprint density at radius 2 is 2.13 bits per heavy atom. The second-order valence-corrected chi connectivity index (χ2v) is 7.12. The van der Waals surface area contributed by atoms with Crippen LogP contribution in [0.3, 0.4) is 0 Å². The van der Waals surface area contributed by atoms with E-state index in [1.807, 2.05) is 26.8 Å². The lowest BCUT2D eigenvalue weighted by molar-refractivity contribution is -0.127. The zero-order valence-electron chi connectivity index (χ0n) is 13.4. The van der Waals surface area contributed by atoms with Gasteiger partial charge in [0.15, 0.2) is 17.4 Å². The van der Waals surface area contributed by atoms with Crippen LogP contribution in [0.2, 0.25) is 0 Å². The molecule has 0 saturated heterocycles. The molecular weight excluding hydrogens is 314 g/mol. The summed E-state index contributed by atoms with van der Waals surface area (Å²) in [6, 6.07) is 1.96. The van der Waals surface area contributed by atoms with Gasteiger partial charge >= 0.3 is 0 Å². The predicted molar refractivity (Wildman–Crippen MR) is 84.0 cm³/mol. The average Bonchev–Trinajstić information content (AvgIpc) is 3.08. The summed E-state index contributed by atoms with van der Waals surface area (Å²) < 4.78 is 1.32. The number of aryl methyl sites for hydroxylation is 1. The van der Waals surface area contributed by atoms with Crippen molar-refractivity contribution in [3.8, 4) is 6.07 Å². The minimum absolute atomic E-state index is 0.0196. The van der Waals surface area contributed by atoms with Crippen molar-refractivity contribution in [3.63, 3.8) is 0 Å². The molecule has 2 heterocycles. The topological polar surface area (TPSA) is 102 Å². The summed E-state index contributed by atoms with van der Waals surface area (Å²) in [7, 11) is 0. The summed E-state index contributed by atoms with van der Waals surface area (Å²) in [5.74, 6) is -1.48. The quantitative estimate of drug-likeness (QED) is 0.778. The molecular formula is C15H17N5O2S. The molecule has 0 radical (unpaired) electrons. The summed E-state index contributed by atoms with van der Waals surface area (Å²) in [5.41, 5.74) is 0.326. The monoisotopic (exact) mass is 331 g/mol. The van der Waals surface area contributed by atoms with Gasteiger partial charge in [-0.05, 0) is 6.92 Å². The maximum absolute atomic E-state index is 12.4.